The van der Waals surface area contributed by atoms with Crippen LogP contribution in [0.15, 0.2) is 71.6 Å². The zero-order valence-electron chi connectivity index (χ0n) is 14.4. The Hall–Kier alpha value is -3.96. The van der Waals surface area contributed by atoms with Crippen LogP contribution in [0.5, 0.6) is 11.5 Å². The molecule has 0 radical (unpaired) electrons. The van der Waals surface area contributed by atoms with E-state index < -0.39 is 10.8 Å². The molecular formula is C20H13N3O4S. The first-order valence-electron chi connectivity index (χ1n) is 8.05. The van der Waals surface area contributed by atoms with E-state index in [1.165, 1.54) is 17.5 Å². The van der Waals surface area contributed by atoms with Crippen molar-refractivity contribution in [2.75, 3.05) is 5.32 Å². The van der Waals surface area contributed by atoms with Gasteiger partial charge in [-0.3, -0.25) is 14.9 Å². The van der Waals surface area contributed by atoms with Crippen LogP contribution in [0.25, 0.3) is 6.08 Å². The molecule has 0 spiro atoms. The summed E-state index contributed by atoms with van der Waals surface area (Å²) in [6.07, 6.45) is 1.31. The lowest BCUT2D eigenvalue weighted by atomic mass is 10.2. The Morgan fingerprint density at radius 2 is 1.89 bits per heavy atom. The van der Waals surface area contributed by atoms with Gasteiger partial charge in [0.05, 0.1) is 10.6 Å². The number of nitrogens with zero attached hydrogens (tertiary/aromatic N) is 2. The average molecular weight is 391 g/mol. The Balaban J connectivity index is 1.80. The highest BCUT2D eigenvalue weighted by Crippen LogP contribution is 2.30. The first kappa shape index (κ1) is 18.8. The Bertz CT molecular complexity index is 1080. The summed E-state index contributed by atoms with van der Waals surface area (Å²) in [5, 5.41) is 24.2. The summed E-state index contributed by atoms with van der Waals surface area (Å²) in [5.74, 6) is 0.386. The van der Waals surface area contributed by atoms with Crippen LogP contribution in [-0.2, 0) is 4.79 Å². The maximum Gasteiger partial charge on any atom is 0.324 e. The largest absolute Gasteiger partial charge is 0.455 e. The summed E-state index contributed by atoms with van der Waals surface area (Å²) in [4.78, 5) is 22.8. The van der Waals surface area contributed by atoms with E-state index >= 15 is 0 Å². The van der Waals surface area contributed by atoms with Crippen molar-refractivity contribution in [1.29, 1.82) is 5.26 Å². The third kappa shape index (κ3) is 4.60. The number of nitriles is 1. The molecule has 28 heavy (non-hydrogen) atoms. The average Bonchev–Trinajstić information content (AvgIpc) is 3.17. The van der Waals surface area contributed by atoms with Crippen molar-refractivity contribution in [2.45, 2.75) is 0 Å². The topological polar surface area (TPSA) is 105 Å². The maximum atomic E-state index is 12.5. The van der Waals surface area contributed by atoms with Gasteiger partial charge in [-0.25, -0.2) is 0 Å². The lowest BCUT2D eigenvalue weighted by Crippen LogP contribution is -2.14. The monoisotopic (exact) mass is 391 g/mol. The standard InChI is InChI=1S/C20H13N3O4S/c21-12-15(10-14-11-19(23(25)26)28-13-14)20(24)22-17-8-4-5-9-18(17)27-16-6-2-1-3-7-16/h1-11,13H,(H,22,24)/b15-10-. The predicted octanol–water partition coefficient (Wildman–Crippen LogP) is 4.99. The summed E-state index contributed by atoms with van der Waals surface area (Å²) in [6.45, 7) is 0. The number of benzene rings is 2. The van der Waals surface area contributed by atoms with E-state index in [9.17, 15) is 20.2 Å². The van der Waals surface area contributed by atoms with Crippen LogP contribution >= 0.6 is 11.3 Å². The summed E-state index contributed by atoms with van der Waals surface area (Å²) in [5.41, 5.74) is 0.633. The molecular weight excluding hydrogens is 378 g/mol. The molecule has 8 heteroatoms. The van der Waals surface area contributed by atoms with Crippen LogP contribution in [0.1, 0.15) is 5.56 Å². The van der Waals surface area contributed by atoms with Gasteiger partial charge in [0.1, 0.15) is 17.4 Å². The SMILES string of the molecule is N#C/C(=C/c1csc([N+](=O)[O-])c1)C(=O)Nc1ccccc1Oc1ccccc1. The van der Waals surface area contributed by atoms with E-state index in [-0.39, 0.29) is 10.6 Å². The third-order valence-electron chi connectivity index (χ3n) is 3.57. The van der Waals surface area contributed by atoms with Crippen molar-refractivity contribution in [3.63, 3.8) is 0 Å². The minimum Gasteiger partial charge on any atom is -0.455 e. The van der Waals surface area contributed by atoms with E-state index in [1.807, 2.05) is 24.3 Å². The van der Waals surface area contributed by atoms with Crippen molar-refractivity contribution in [1.82, 2.24) is 0 Å². The highest BCUT2D eigenvalue weighted by molar-refractivity contribution is 7.13. The second-order valence-corrected chi connectivity index (χ2v) is 6.40. The van der Waals surface area contributed by atoms with Crippen LogP contribution in [0.4, 0.5) is 10.7 Å². The van der Waals surface area contributed by atoms with E-state index in [0.717, 1.165) is 11.3 Å². The number of rotatable bonds is 6. The fourth-order valence-electron chi connectivity index (χ4n) is 2.29. The summed E-state index contributed by atoms with van der Waals surface area (Å²) >= 11 is 0.925. The molecule has 1 heterocycles. The molecule has 1 aromatic heterocycles. The molecule has 0 bridgehead atoms. The maximum absolute atomic E-state index is 12.5. The Morgan fingerprint density at radius 3 is 2.57 bits per heavy atom. The van der Waals surface area contributed by atoms with Gasteiger partial charge >= 0.3 is 5.00 Å². The third-order valence-corrected chi connectivity index (χ3v) is 4.47. The van der Waals surface area contributed by atoms with Gasteiger partial charge in [0.2, 0.25) is 0 Å². The van der Waals surface area contributed by atoms with Crippen LogP contribution in [-0.4, -0.2) is 10.8 Å². The number of hydrogen-bond acceptors (Lipinski definition) is 6. The fraction of sp³-hybridized carbons (Fsp3) is 0. The molecule has 3 rings (SSSR count). The molecule has 1 amide bonds. The normalized spacial score (nSPS) is 10.8. The van der Waals surface area contributed by atoms with E-state index in [2.05, 4.69) is 5.32 Å². The zero-order valence-corrected chi connectivity index (χ0v) is 15.2. The highest BCUT2D eigenvalue weighted by atomic mass is 32.1. The van der Waals surface area contributed by atoms with E-state index in [1.54, 1.807) is 36.4 Å². The number of carbonyl (C=O) groups excluding carboxylic acids is 1. The Morgan fingerprint density at radius 1 is 1.18 bits per heavy atom. The predicted molar refractivity (Wildman–Crippen MR) is 106 cm³/mol. The van der Waals surface area contributed by atoms with E-state index in [0.29, 0.717) is 22.7 Å². The number of nitrogens with one attached hydrogen (secondary N) is 1. The second-order valence-electron chi connectivity index (χ2n) is 5.51. The van der Waals surface area contributed by atoms with Gasteiger partial charge in [-0.05, 0) is 35.9 Å². The van der Waals surface area contributed by atoms with E-state index in [4.69, 9.17) is 4.74 Å². The lowest BCUT2D eigenvalue weighted by Gasteiger charge is -2.11. The number of amides is 1. The molecule has 0 aliphatic carbocycles. The summed E-state index contributed by atoms with van der Waals surface area (Å²) in [7, 11) is 0. The van der Waals surface area contributed by atoms with Gasteiger partial charge in [-0.15, -0.1) is 0 Å². The van der Waals surface area contributed by atoms with Crippen molar-refractivity contribution >= 4 is 34.0 Å². The molecule has 0 fully saturated rings. The molecule has 0 saturated heterocycles. The smallest absolute Gasteiger partial charge is 0.324 e. The van der Waals surface area contributed by atoms with Crippen LogP contribution in [0.2, 0.25) is 0 Å². The minimum absolute atomic E-state index is 0.0643. The number of anilines is 1. The number of carbonyl (C=O) groups is 1. The van der Waals surface area contributed by atoms with Gasteiger partial charge in [0.15, 0.2) is 5.75 Å². The first-order chi connectivity index (χ1) is 13.6. The Kier molecular flexibility index (Phi) is 5.79. The molecule has 0 unspecified atom stereocenters. The molecule has 0 aliphatic heterocycles. The van der Waals surface area contributed by atoms with Gasteiger partial charge in [-0.2, -0.15) is 5.26 Å². The number of thiophene rings is 1. The number of para-hydroxylation sites is 3. The Labute approximate surface area is 164 Å². The van der Waals surface area contributed by atoms with Crippen molar-refractivity contribution < 1.29 is 14.5 Å². The molecule has 0 saturated carbocycles. The zero-order chi connectivity index (χ0) is 19.9. The van der Waals surface area contributed by atoms with Crippen LogP contribution in [0, 0.1) is 21.4 Å². The number of nitro groups is 1. The molecule has 7 nitrogen and oxygen atoms in total. The van der Waals surface area contributed by atoms with Gasteiger partial charge in [0, 0.05) is 11.4 Å². The lowest BCUT2D eigenvalue weighted by molar-refractivity contribution is -0.380. The van der Waals surface area contributed by atoms with Crippen molar-refractivity contribution in [2.24, 2.45) is 0 Å². The summed E-state index contributed by atoms with van der Waals surface area (Å²) < 4.78 is 5.78. The molecule has 138 valence electrons. The van der Waals surface area contributed by atoms with Gasteiger partial charge in [0.25, 0.3) is 5.91 Å². The minimum atomic E-state index is -0.638. The van der Waals surface area contributed by atoms with Crippen molar-refractivity contribution in [3.05, 3.63) is 87.3 Å². The summed E-state index contributed by atoms with van der Waals surface area (Å²) in [6, 6.07) is 19.0. The van der Waals surface area contributed by atoms with Gasteiger partial charge in [-0.1, -0.05) is 41.7 Å². The highest BCUT2D eigenvalue weighted by Gasteiger charge is 2.15. The molecule has 2 aromatic carbocycles. The van der Waals surface area contributed by atoms with Gasteiger partial charge < -0.3 is 10.1 Å². The molecule has 1 N–H and O–H groups in total. The van der Waals surface area contributed by atoms with Crippen LogP contribution < -0.4 is 10.1 Å². The van der Waals surface area contributed by atoms with Crippen molar-refractivity contribution in [3.8, 4) is 17.6 Å². The number of hydrogen-bond donors (Lipinski definition) is 1. The molecule has 0 aliphatic rings. The second kappa shape index (κ2) is 8.62. The van der Waals surface area contributed by atoms with Crippen LogP contribution in [0.3, 0.4) is 0 Å². The fourth-order valence-corrected chi connectivity index (χ4v) is 2.97. The number of ether oxygens (including phenoxy) is 1. The molecule has 3 aromatic rings. The molecule has 0 atom stereocenters. The quantitative estimate of drug-likeness (QED) is 0.276. The first-order valence-corrected chi connectivity index (χ1v) is 8.93.